The topological polar surface area (TPSA) is 67.4 Å². The van der Waals surface area contributed by atoms with E-state index in [2.05, 4.69) is 26.8 Å². The van der Waals surface area contributed by atoms with Crippen LogP contribution in [0.1, 0.15) is 18.4 Å². The lowest BCUT2D eigenvalue weighted by atomic mass is 10.1. The average Bonchev–Trinajstić information content (AvgIpc) is 2.59. The van der Waals surface area contributed by atoms with Crippen molar-refractivity contribution in [3.8, 4) is 5.75 Å². The molecule has 7 heteroatoms. The van der Waals surface area contributed by atoms with Crippen LogP contribution in [0.5, 0.6) is 5.75 Å². The lowest BCUT2D eigenvalue weighted by Gasteiger charge is -2.08. The summed E-state index contributed by atoms with van der Waals surface area (Å²) in [4.78, 5) is 23.4. The molecule has 0 fully saturated rings. The van der Waals surface area contributed by atoms with Crippen molar-refractivity contribution in [2.75, 3.05) is 6.61 Å². The Morgan fingerprint density at radius 2 is 1.76 bits per heavy atom. The van der Waals surface area contributed by atoms with Gasteiger partial charge in [0, 0.05) is 10.9 Å². The van der Waals surface area contributed by atoms with Gasteiger partial charge in [-0.15, -0.1) is 0 Å². The molecule has 0 heterocycles. The zero-order valence-corrected chi connectivity index (χ0v) is 15.0. The third-order valence-electron chi connectivity index (χ3n) is 3.23. The van der Waals surface area contributed by atoms with Gasteiger partial charge < -0.3 is 4.74 Å². The number of ether oxygens (including phenoxy) is 1. The number of hydrazine groups is 1. The minimum absolute atomic E-state index is 0.0621. The second-order valence-corrected chi connectivity index (χ2v) is 6.22. The monoisotopic (exact) mass is 408 g/mol. The molecule has 0 aliphatic heterocycles. The Balaban J connectivity index is 1.60. The van der Waals surface area contributed by atoms with Gasteiger partial charge in [0.1, 0.15) is 11.6 Å². The third kappa shape index (κ3) is 7.34. The van der Waals surface area contributed by atoms with E-state index in [1.54, 1.807) is 0 Å². The van der Waals surface area contributed by atoms with Crippen molar-refractivity contribution in [3.63, 3.8) is 0 Å². The molecule has 0 aliphatic carbocycles. The number of rotatable bonds is 7. The molecule has 0 saturated carbocycles. The molecule has 0 unspecified atom stereocenters. The minimum Gasteiger partial charge on any atom is -0.494 e. The molecule has 0 saturated heterocycles. The van der Waals surface area contributed by atoms with Gasteiger partial charge >= 0.3 is 0 Å². The predicted molar refractivity (Wildman–Crippen MR) is 95.3 cm³/mol. The standard InChI is InChI=1S/C18H18BrFN2O3/c19-14-3-1-4-16(12-14)25-10-2-5-17(23)21-22-18(24)11-13-6-8-15(20)9-7-13/h1,3-4,6-9,12H,2,5,10-11H2,(H,21,23)(H,22,24). The Kier molecular flexibility index (Phi) is 7.40. The fourth-order valence-corrected chi connectivity index (χ4v) is 2.39. The summed E-state index contributed by atoms with van der Waals surface area (Å²) in [5.41, 5.74) is 5.34. The first kappa shape index (κ1) is 18.9. The Bertz CT molecular complexity index is 723. The van der Waals surface area contributed by atoms with E-state index in [1.807, 2.05) is 24.3 Å². The molecule has 25 heavy (non-hydrogen) atoms. The quantitative estimate of drug-likeness (QED) is 0.546. The van der Waals surface area contributed by atoms with Gasteiger partial charge in [-0.3, -0.25) is 20.4 Å². The molecule has 2 N–H and O–H groups in total. The van der Waals surface area contributed by atoms with Gasteiger partial charge in [-0.05, 0) is 42.3 Å². The number of hydrogen-bond acceptors (Lipinski definition) is 3. The van der Waals surface area contributed by atoms with E-state index < -0.39 is 0 Å². The van der Waals surface area contributed by atoms with E-state index in [4.69, 9.17) is 4.74 Å². The maximum Gasteiger partial charge on any atom is 0.242 e. The highest BCUT2D eigenvalue weighted by molar-refractivity contribution is 9.10. The van der Waals surface area contributed by atoms with Crippen LogP contribution in [-0.2, 0) is 16.0 Å². The number of halogens is 2. The van der Waals surface area contributed by atoms with E-state index in [-0.39, 0.29) is 30.5 Å². The van der Waals surface area contributed by atoms with E-state index >= 15 is 0 Å². The van der Waals surface area contributed by atoms with Crippen molar-refractivity contribution in [3.05, 3.63) is 64.4 Å². The number of carbonyl (C=O) groups is 2. The molecule has 132 valence electrons. The summed E-state index contributed by atoms with van der Waals surface area (Å²) in [6.45, 7) is 0.396. The summed E-state index contributed by atoms with van der Waals surface area (Å²) in [5, 5.41) is 0. The van der Waals surface area contributed by atoms with Crippen molar-refractivity contribution < 1.29 is 18.7 Å². The Morgan fingerprint density at radius 3 is 2.48 bits per heavy atom. The molecular formula is C18H18BrFN2O3. The second-order valence-electron chi connectivity index (χ2n) is 5.31. The number of carbonyl (C=O) groups excluding carboxylic acids is 2. The second kappa shape index (κ2) is 9.78. The van der Waals surface area contributed by atoms with Gasteiger partial charge in [-0.25, -0.2) is 4.39 Å². The normalized spacial score (nSPS) is 10.2. The van der Waals surface area contributed by atoms with Crippen LogP contribution >= 0.6 is 15.9 Å². The summed E-state index contributed by atoms with van der Waals surface area (Å²) in [6.07, 6.45) is 0.809. The predicted octanol–water partition coefficient (Wildman–Crippen LogP) is 3.14. The maximum absolute atomic E-state index is 12.8. The van der Waals surface area contributed by atoms with Crippen molar-refractivity contribution in [2.45, 2.75) is 19.3 Å². The van der Waals surface area contributed by atoms with Crippen LogP contribution in [-0.4, -0.2) is 18.4 Å². The Hall–Kier alpha value is -2.41. The van der Waals surface area contributed by atoms with Gasteiger partial charge in [0.25, 0.3) is 0 Å². The molecule has 2 rings (SSSR count). The zero-order chi connectivity index (χ0) is 18.1. The van der Waals surface area contributed by atoms with Crippen molar-refractivity contribution in [1.82, 2.24) is 10.9 Å². The highest BCUT2D eigenvalue weighted by Gasteiger charge is 2.06. The highest BCUT2D eigenvalue weighted by Crippen LogP contribution is 2.17. The van der Waals surface area contributed by atoms with Crippen molar-refractivity contribution in [1.29, 1.82) is 0 Å². The molecule has 2 aromatic carbocycles. The first-order valence-corrected chi connectivity index (χ1v) is 8.53. The molecule has 2 amide bonds. The molecule has 0 spiro atoms. The first-order chi connectivity index (χ1) is 12.0. The van der Waals surface area contributed by atoms with Crippen molar-refractivity contribution >= 4 is 27.7 Å². The summed E-state index contributed by atoms with van der Waals surface area (Å²) in [5.74, 6) is -0.305. The molecule has 0 radical (unpaired) electrons. The number of hydrogen-bond donors (Lipinski definition) is 2. The smallest absolute Gasteiger partial charge is 0.242 e. The number of benzene rings is 2. The molecule has 0 aromatic heterocycles. The van der Waals surface area contributed by atoms with E-state index in [0.717, 1.165) is 10.2 Å². The van der Waals surface area contributed by atoms with Gasteiger partial charge in [-0.1, -0.05) is 34.1 Å². The van der Waals surface area contributed by atoms with E-state index in [0.29, 0.717) is 18.6 Å². The van der Waals surface area contributed by atoms with Crippen LogP contribution in [0.3, 0.4) is 0 Å². The van der Waals surface area contributed by atoms with Crippen LogP contribution in [0.15, 0.2) is 53.0 Å². The fraction of sp³-hybridized carbons (Fsp3) is 0.222. The summed E-state index contributed by atoms with van der Waals surface area (Å²) in [6, 6.07) is 13.1. The van der Waals surface area contributed by atoms with E-state index in [9.17, 15) is 14.0 Å². The van der Waals surface area contributed by atoms with Crippen LogP contribution in [0.25, 0.3) is 0 Å². The molecule has 5 nitrogen and oxygen atoms in total. The van der Waals surface area contributed by atoms with E-state index in [1.165, 1.54) is 24.3 Å². The van der Waals surface area contributed by atoms with Gasteiger partial charge in [0.15, 0.2) is 0 Å². The molecule has 0 atom stereocenters. The molecule has 0 bridgehead atoms. The maximum atomic E-state index is 12.8. The van der Waals surface area contributed by atoms with Gasteiger partial charge in [0.2, 0.25) is 11.8 Å². The third-order valence-corrected chi connectivity index (χ3v) is 3.73. The summed E-state index contributed by atoms with van der Waals surface area (Å²) in [7, 11) is 0. The van der Waals surface area contributed by atoms with Gasteiger partial charge in [-0.2, -0.15) is 0 Å². The average molecular weight is 409 g/mol. The van der Waals surface area contributed by atoms with Crippen LogP contribution in [0.2, 0.25) is 0 Å². The van der Waals surface area contributed by atoms with Crippen LogP contribution < -0.4 is 15.6 Å². The lowest BCUT2D eigenvalue weighted by molar-refractivity contribution is -0.128. The largest absolute Gasteiger partial charge is 0.494 e. The Labute approximate surface area is 153 Å². The summed E-state index contributed by atoms with van der Waals surface area (Å²) >= 11 is 3.35. The number of nitrogens with one attached hydrogen (secondary N) is 2. The number of amides is 2. The van der Waals surface area contributed by atoms with Crippen LogP contribution in [0.4, 0.5) is 4.39 Å². The Morgan fingerprint density at radius 1 is 1.04 bits per heavy atom. The van der Waals surface area contributed by atoms with Gasteiger partial charge in [0.05, 0.1) is 13.0 Å². The van der Waals surface area contributed by atoms with Crippen LogP contribution in [0, 0.1) is 5.82 Å². The molecule has 2 aromatic rings. The highest BCUT2D eigenvalue weighted by atomic mass is 79.9. The molecular weight excluding hydrogens is 391 g/mol. The SMILES string of the molecule is O=C(CCCOc1cccc(Br)c1)NNC(=O)Cc1ccc(F)cc1. The van der Waals surface area contributed by atoms with Crippen molar-refractivity contribution in [2.24, 2.45) is 0 Å². The lowest BCUT2D eigenvalue weighted by Crippen LogP contribution is -2.42. The zero-order valence-electron chi connectivity index (χ0n) is 13.4. The first-order valence-electron chi connectivity index (χ1n) is 7.73. The fourth-order valence-electron chi connectivity index (χ4n) is 2.01. The molecule has 0 aliphatic rings. The minimum atomic E-state index is -0.370. The summed E-state index contributed by atoms with van der Waals surface area (Å²) < 4.78 is 19.2.